The van der Waals surface area contributed by atoms with E-state index in [1.807, 2.05) is 67.6 Å². The molecule has 0 unspecified atom stereocenters. The lowest BCUT2D eigenvalue weighted by Gasteiger charge is -2.40. The van der Waals surface area contributed by atoms with Gasteiger partial charge in [0.15, 0.2) is 0 Å². The van der Waals surface area contributed by atoms with Crippen molar-refractivity contribution in [1.82, 2.24) is 0 Å². The SMILES string of the molecule is C[C@]1(P(=O)(c2ccccc2)c2ccccc2)CCCC(=O)C1. The number of hydrogen-bond acceptors (Lipinski definition) is 2. The highest BCUT2D eigenvalue weighted by Crippen LogP contribution is 2.61. The van der Waals surface area contributed by atoms with Crippen molar-refractivity contribution in [2.45, 2.75) is 37.8 Å². The van der Waals surface area contributed by atoms with Crippen LogP contribution in [-0.2, 0) is 9.36 Å². The smallest absolute Gasteiger partial charge is 0.149 e. The van der Waals surface area contributed by atoms with Gasteiger partial charge in [-0.2, -0.15) is 0 Å². The number of rotatable bonds is 3. The second-order valence-corrected chi connectivity index (χ2v) is 9.68. The van der Waals surface area contributed by atoms with Crippen LogP contribution in [0.3, 0.4) is 0 Å². The minimum atomic E-state index is -2.87. The van der Waals surface area contributed by atoms with Crippen molar-refractivity contribution in [3.63, 3.8) is 0 Å². The summed E-state index contributed by atoms with van der Waals surface area (Å²) in [5.41, 5.74) is 0. The molecule has 3 heteroatoms. The van der Waals surface area contributed by atoms with E-state index in [0.717, 1.165) is 23.5 Å². The molecule has 114 valence electrons. The summed E-state index contributed by atoms with van der Waals surface area (Å²) in [6.07, 6.45) is 2.70. The molecule has 22 heavy (non-hydrogen) atoms. The van der Waals surface area contributed by atoms with Gasteiger partial charge in [-0.15, -0.1) is 0 Å². The molecular formula is C19H21O2P. The molecule has 0 heterocycles. The third kappa shape index (κ3) is 2.46. The van der Waals surface area contributed by atoms with Gasteiger partial charge in [0.2, 0.25) is 0 Å². The van der Waals surface area contributed by atoms with Gasteiger partial charge in [0.25, 0.3) is 0 Å². The van der Waals surface area contributed by atoms with E-state index < -0.39 is 12.3 Å². The summed E-state index contributed by atoms with van der Waals surface area (Å²) in [5, 5.41) is 1.24. The van der Waals surface area contributed by atoms with Crippen molar-refractivity contribution in [3.8, 4) is 0 Å². The minimum absolute atomic E-state index is 0.237. The van der Waals surface area contributed by atoms with Crippen molar-refractivity contribution >= 4 is 23.5 Å². The predicted molar refractivity (Wildman–Crippen MR) is 91.6 cm³/mol. The first-order valence-electron chi connectivity index (χ1n) is 7.79. The third-order valence-electron chi connectivity index (χ3n) is 4.75. The number of Topliss-reactive ketones (excluding diaryl/α,β-unsaturated/α-hetero) is 1. The van der Waals surface area contributed by atoms with Crippen molar-refractivity contribution < 1.29 is 9.36 Å². The molecule has 0 N–H and O–H groups in total. The van der Waals surface area contributed by atoms with Gasteiger partial charge in [-0.25, -0.2) is 0 Å². The van der Waals surface area contributed by atoms with E-state index in [1.165, 1.54) is 0 Å². The first-order valence-corrected chi connectivity index (χ1v) is 9.50. The summed E-state index contributed by atoms with van der Waals surface area (Å²) < 4.78 is 14.3. The molecule has 1 atom stereocenters. The second-order valence-electron chi connectivity index (χ2n) is 6.35. The number of ketones is 1. The zero-order valence-electron chi connectivity index (χ0n) is 12.9. The van der Waals surface area contributed by atoms with E-state index >= 15 is 0 Å². The molecule has 0 bridgehead atoms. The fourth-order valence-electron chi connectivity index (χ4n) is 3.58. The molecule has 0 radical (unpaired) electrons. The Balaban J connectivity index is 2.20. The maximum Gasteiger partial charge on any atom is 0.149 e. The summed E-state index contributed by atoms with van der Waals surface area (Å²) in [6.45, 7) is 2.03. The molecule has 1 aliphatic carbocycles. The van der Waals surface area contributed by atoms with Crippen LogP contribution in [0.5, 0.6) is 0 Å². The molecule has 0 saturated heterocycles. The standard InChI is InChI=1S/C19H21O2P/c1-19(14-8-9-16(20)15-19)22(21,17-10-4-2-5-11-17)18-12-6-3-7-13-18/h2-7,10-13H,8-9,14-15H2,1H3/t19-/m0/s1. The van der Waals surface area contributed by atoms with Gasteiger partial charge >= 0.3 is 0 Å². The van der Waals surface area contributed by atoms with Crippen LogP contribution in [0, 0.1) is 0 Å². The fourth-order valence-corrected chi connectivity index (χ4v) is 7.19. The lowest BCUT2D eigenvalue weighted by Crippen LogP contribution is -2.39. The molecule has 2 aromatic carbocycles. The Bertz CT molecular complexity index is 665. The number of benzene rings is 2. The summed E-state index contributed by atoms with van der Waals surface area (Å²) in [7, 11) is -2.87. The molecule has 0 amide bonds. The van der Waals surface area contributed by atoms with Gasteiger partial charge in [-0.1, -0.05) is 67.6 Å². The van der Waals surface area contributed by atoms with Crippen molar-refractivity contribution in [3.05, 3.63) is 60.7 Å². The molecule has 1 saturated carbocycles. The van der Waals surface area contributed by atoms with Crippen LogP contribution in [0.15, 0.2) is 60.7 Å². The van der Waals surface area contributed by atoms with Crippen LogP contribution in [0.4, 0.5) is 0 Å². The third-order valence-corrected chi connectivity index (χ3v) is 8.70. The maximum atomic E-state index is 14.3. The summed E-state index contributed by atoms with van der Waals surface area (Å²) in [5.74, 6) is 0.237. The topological polar surface area (TPSA) is 34.1 Å². The van der Waals surface area contributed by atoms with Crippen molar-refractivity contribution in [2.24, 2.45) is 0 Å². The van der Waals surface area contributed by atoms with Gasteiger partial charge in [-0.3, -0.25) is 4.79 Å². The van der Waals surface area contributed by atoms with Gasteiger partial charge in [0.05, 0.1) is 0 Å². The van der Waals surface area contributed by atoms with E-state index in [1.54, 1.807) is 0 Å². The predicted octanol–water partition coefficient (Wildman–Crippen LogP) is 3.90. The summed E-state index contributed by atoms with van der Waals surface area (Å²) in [6, 6.07) is 19.4. The quantitative estimate of drug-likeness (QED) is 0.806. The van der Waals surface area contributed by atoms with Gasteiger partial charge in [0.1, 0.15) is 12.9 Å². The number of hydrogen-bond donors (Lipinski definition) is 0. The molecule has 0 aliphatic heterocycles. The Morgan fingerprint density at radius 3 is 1.86 bits per heavy atom. The molecule has 1 aliphatic rings. The Morgan fingerprint density at radius 1 is 0.909 bits per heavy atom. The Hall–Kier alpha value is -1.66. The molecule has 2 nitrogen and oxygen atoms in total. The van der Waals surface area contributed by atoms with Crippen LogP contribution < -0.4 is 10.6 Å². The lowest BCUT2D eigenvalue weighted by molar-refractivity contribution is -0.120. The minimum Gasteiger partial charge on any atom is -0.313 e. The van der Waals surface area contributed by atoms with Crippen LogP contribution in [-0.4, -0.2) is 10.9 Å². The molecule has 3 rings (SSSR count). The summed E-state index contributed by atoms with van der Waals surface area (Å²) >= 11 is 0. The first-order chi connectivity index (χ1) is 10.6. The highest BCUT2D eigenvalue weighted by atomic mass is 31.2. The highest BCUT2D eigenvalue weighted by Gasteiger charge is 2.48. The zero-order valence-corrected chi connectivity index (χ0v) is 13.8. The van der Waals surface area contributed by atoms with Crippen molar-refractivity contribution in [2.75, 3.05) is 0 Å². The second kappa shape index (κ2) is 5.85. The lowest BCUT2D eigenvalue weighted by atomic mass is 9.89. The van der Waals surface area contributed by atoms with Crippen LogP contribution in [0.1, 0.15) is 32.6 Å². The van der Waals surface area contributed by atoms with E-state index in [2.05, 4.69) is 0 Å². The molecular weight excluding hydrogens is 291 g/mol. The Morgan fingerprint density at radius 2 is 1.41 bits per heavy atom. The summed E-state index contributed by atoms with van der Waals surface area (Å²) in [4.78, 5) is 12.1. The van der Waals surface area contributed by atoms with E-state index in [4.69, 9.17) is 0 Å². The number of carbonyl (C=O) groups excluding carboxylic acids is 1. The van der Waals surface area contributed by atoms with Crippen LogP contribution in [0.2, 0.25) is 0 Å². The van der Waals surface area contributed by atoms with E-state index in [-0.39, 0.29) is 5.78 Å². The monoisotopic (exact) mass is 312 g/mol. The zero-order chi connectivity index (χ0) is 15.6. The molecule has 0 spiro atoms. The Kier molecular flexibility index (Phi) is 4.06. The largest absolute Gasteiger partial charge is 0.313 e. The van der Waals surface area contributed by atoms with E-state index in [0.29, 0.717) is 12.8 Å². The van der Waals surface area contributed by atoms with Gasteiger partial charge < -0.3 is 4.57 Å². The molecule has 0 aromatic heterocycles. The van der Waals surface area contributed by atoms with Crippen LogP contribution in [0.25, 0.3) is 0 Å². The average Bonchev–Trinajstić information content (AvgIpc) is 2.55. The average molecular weight is 312 g/mol. The normalized spacial score (nSPS) is 22.5. The molecule has 2 aromatic rings. The van der Waals surface area contributed by atoms with Crippen molar-refractivity contribution in [1.29, 1.82) is 0 Å². The van der Waals surface area contributed by atoms with Crippen LogP contribution >= 0.6 is 7.14 Å². The van der Waals surface area contributed by atoms with Gasteiger partial charge in [0, 0.05) is 28.6 Å². The first kappa shape index (κ1) is 15.2. The highest BCUT2D eigenvalue weighted by molar-refractivity contribution is 7.80. The molecule has 1 fully saturated rings. The van der Waals surface area contributed by atoms with E-state index in [9.17, 15) is 9.36 Å². The number of carbonyl (C=O) groups is 1. The Labute approximate surface area is 131 Å². The fraction of sp³-hybridized carbons (Fsp3) is 0.316. The van der Waals surface area contributed by atoms with Gasteiger partial charge in [-0.05, 0) is 12.8 Å². The maximum absolute atomic E-state index is 14.3.